The largest absolute Gasteiger partial charge is 0.392 e. The summed E-state index contributed by atoms with van der Waals surface area (Å²) in [5, 5.41) is 9.62. The third-order valence-electron chi connectivity index (χ3n) is 9.49. The quantitative estimate of drug-likeness (QED) is 0.119. The van der Waals surface area contributed by atoms with Gasteiger partial charge in [0, 0.05) is 17.2 Å². The SMILES string of the molecule is CC1C(CSc2nc3ccccc3s2)OC(c2ccc(-c3ccccc3CN3C(=O)c4ccccc4C3=O)cc2)OC1c1ccc(CO)cc1. The van der Waals surface area contributed by atoms with Crippen LogP contribution in [0, 0.1) is 5.92 Å². The van der Waals surface area contributed by atoms with Gasteiger partial charge in [-0.05, 0) is 52.1 Å². The number of thiazole rings is 1. The molecule has 2 aliphatic heterocycles. The Morgan fingerprint density at radius 1 is 0.760 bits per heavy atom. The predicted molar refractivity (Wildman–Crippen MR) is 196 cm³/mol. The Balaban J connectivity index is 1.04. The predicted octanol–water partition coefficient (Wildman–Crippen LogP) is 8.84. The van der Waals surface area contributed by atoms with E-state index in [4.69, 9.17) is 14.5 Å². The zero-order chi connectivity index (χ0) is 34.2. The summed E-state index contributed by atoms with van der Waals surface area (Å²) in [5.41, 5.74) is 7.47. The zero-order valence-corrected chi connectivity index (χ0v) is 28.9. The number of aliphatic hydroxyl groups excluding tert-OH is 1. The number of fused-ring (bicyclic) bond motifs is 2. The molecule has 0 spiro atoms. The molecule has 3 heterocycles. The Labute approximate surface area is 298 Å². The summed E-state index contributed by atoms with van der Waals surface area (Å²) in [7, 11) is 0. The van der Waals surface area contributed by atoms with E-state index in [2.05, 4.69) is 13.0 Å². The van der Waals surface area contributed by atoms with Crippen molar-refractivity contribution in [2.24, 2.45) is 5.92 Å². The van der Waals surface area contributed by atoms with Gasteiger partial charge in [0.2, 0.25) is 0 Å². The Hall–Kier alpha value is -4.64. The molecule has 4 unspecified atom stereocenters. The summed E-state index contributed by atoms with van der Waals surface area (Å²) in [6.45, 7) is 2.34. The van der Waals surface area contributed by atoms with Gasteiger partial charge in [0.15, 0.2) is 10.6 Å². The van der Waals surface area contributed by atoms with Crippen molar-refractivity contribution in [3.8, 4) is 11.1 Å². The van der Waals surface area contributed by atoms with Gasteiger partial charge in [0.25, 0.3) is 11.8 Å². The van der Waals surface area contributed by atoms with Crippen LogP contribution >= 0.6 is 23.1 Å². The normalized spacial score (nSPS) is 20.4. The molecule has 1 saturated heterocycles. The highest BCUT2D eigenvalue weighted by molar-refractivity contribution is 8.01. The van der Waals surface area contributed by atoms with Crippen LogP contribution in [0.5, 0.6) is 0 Å². The topological polar surface area (TPSA) is 89.0 Å². The number of amides is 2. The van der Waals surface area contributed by atoms with Crippen molar-refractivity contribution in [1.82, 2.24) is 9.88 Å². The van der Waals surface area contributed by atoms with E-state index in [1.165, 1.54) is 9.60 Å². The average molecular weight is 699 g/mol. The molecule has 250 valence electrons. The van der Waals surface area contributed by atoms with Gasteiger partial charge in [-0.25, -0.2) is 4.98 Å². The van der Waals surface area contributed by atoms with E-state index in [9.17, 15) is 14.7 Å². The van der Waals surface area contributed by atoms with E-state index in [1.807, 2.05) is 91.0 Å². The van der Waals surface area contributed by atoms with E-state index < -0.39 is 6.29 Å². The lowest BCUT2D eigenvalue weighted by molar-refractivity contribution is -0.268. The van der Waals surface area contributed by atoms with Crippen molar-refractivity contribution in [2.75, 3.05) is 5.75 Å². The lowest BCUT2D eigenvalue weighted by Crippen LogP contribution is -2.38. The fourth-order valence-electron chi connectivity index (χ4n) is 6.69. The van der Waals surface area contributed by atoms with Crippen molar-refractivity contribution < 1.29 is 24.2 Å². The standard InChI is InChI=1S/C41H34N2O5S2/c1-25-35(24-49-41-42-34-12-6-7-13-36(34)50-41)47-40(48-37(25)28-16-14-26(23-44)15-17-28)29-20-18-27(19-21-29)31-9-3-2-8-30(31)22-43-38(45)32-10-4-5-11-33(32)39(43)46/h2-21,25,35,37,40,44H,22-24H2,1H3. The fraction of sp³-hybridized carbons (Fsp3) is 0.195. The Morgan fingerprint density at radius 3 is 2.10 bits per heavy atom. The molecule has 6 aromatic rings. The molecule has 1 N–H and O–H groups in total. The number of rotatable bonds is 9. The highest BCUT2D eigenvalue weighted by Crippen LogP contribution is 2.44. The smallest absolute Gasteiger partial charge is 0.261 e. The minimum atomic E-state index is -0.600. The summed E-state index contributed by atoms with van der Waals surface area (Å²) in [4.78, 5) is 32.4. The van der Waals surface area contributed by atoms with E-state index in [1.54, 1.807) is 47.4 Å². The maximum Gasteiger partial charge on any atom is 0.261 e. The van der Waals surface area contributed by atoms with Crippen LogP contribution in [0.2, 0.25) is 0 Å². The molecule has 1 fully saturated rings. The third-order valence-corrected chi connectivity index (χ3v) is 11.8. The Kier molecular flexibility index (Phi) is 9.07. The van der Waals surface area contributed by atoms with Crippen molar-refractivity contribution in [3.63, 3.8) is 0 Å². The van der Waals surface area contributed by atoms with Gasteiger partial charge in [-0.15, -0.1) is 11.3 Å². The molecule has 2 aliphatic rings. The van der Waals surface area contributed by atoms with E-state index >= 15 is 0 Å². The molecule has 2 amide bonds. The number of aromatic nitrogens is 1. The average Bonchev–Trinajstić information content (AvgIpc) is 3.69. The van der Waals surface area contributed by atoms with Gasteiger partial charge in [0.1, 0.15) is 0 Å². The van der Waals surface area contributed by atoms with E-state index in [-0.39, 0.29) is 43.1 Å². The van der Waals surface area contributed by atoms with Crippen molar-refractivity contribution >= 4 is 45.1 Å². The molecule has 8 rings (SSSR count). The maximum atomic E-state index is 13.1. The molecule has 0 aliphatic carbocycles. The van der Waals surface area contributed by atoms with E-state index in [0.717, 1.165) is 49.0 Å². The fourth-order valence-corrected chi connectivity index (χ4v) is 8.95. The lowest BCUT2D eigenvalue weighted by atomic mass is 9.91. The van der Waals surface area contributed by atoms with Crippen LogP contribution in [0.3, 0.4) is 0 Å². The number of carbonyl (C=O) groups is 2. The molecule has 7 nitrogen and oxygen atoms in total. The number of nitrogens with zero attached hydrogens (tertiary/aromatic N) is 2. The van der Waals surface area contributed by atoms with Crippen molar-refractivity contribution in [1.29, 1.82) is 0 Å². The number of ether oxygens (including phenoxy) is 2. The Bertz CT molecular complexity index is 2110. The van der Waals surface area contributed by atoms with Gasteiger partial charge in [-0.1, -0.05) is 116 Å². The zero-order valence-electron chi connectivity index (χ0n) is 27.3. The number of hydrogen-bond donors (Lipinski definition) is 1. The number of thioether (sulfide) groups is 1. The van der Waals surface area contributed by atoms with Crippen molar-refractivity contribution in [2.45, 2.75) is 42.9 Å². The van der Waals surface area contributed by atoms with E-state index in [0.29, 0.717) is 11.1 Å². The molecule has 1 aromatic heterocycles. The van der Waals surface area contributed by atoms with Crippen molar-refractivity contribution in [3.05, 3.63) is 155 Å². The summed E-state index contributed by atoms with van der Waals surface area (Å²) in [6.07, 6.45) is -0.937. The molecular formula is C41H34N2O5S2. The Morgan fingerprint density at radius 2 is 1.40 bits per heavy atom. The number of hydrogen-bond acceptors (Lipinski definition) is 8. The highest BCUT2D eigenvalue weighted by atomic mass is 32.2. The summed E-state index contributed by atoms with van der Waals surface area (Å²) >= 11 is 3.40. The molecule has 4 atom stereocenters. The van der Waals surface area contributed by atoms with Gasteiger partial charge >= 0.3 is 0 Å². The molecule has 9 heteroatoms. The number of aliphatic hydroxyl groups is 1. The first-order valence-electron chi connectivity index (χ1n) is 16.6. The number of benzene rings is 5. The second kappa shape index (κ2) is 13.9. The van der Waals surface area contributed by atoms with Crippen LogP contribution in [-0.2, 0) is 22.6 Å². The second-order valence-electron chi connectivity index (χ2n) is 12.6. The van der Waals surface area contributed by atoms with Crippen LogP contribution in [0.25, 0.3) is 21.3 Å². The molecular weight excluding hydrogens is 665 g/mol. The molecule has 0 saturated carbocycles. The van der Waals surface area contributed by atoms with Gasteiger partial charge in [-0.2, -0.15) is 0 Å². The molecule has 5 aromatic carbocycles. The second-order valence-corrected chi connectivity index (χ2v) is 14.9. The maximum absolute atomic E-state index is 13.1. The first kappa shape index (κ1) is 32.6. The number of imide groups is 1. The van der Waals surface area contributed by atoms with Crippen LogP contribution in [-0.4, -0.2) is 38.7 Å². The first-order valence-corrected chi connectivity index (χ1v) is 18.4. The molecule has 0 radical (unpaired) electrons. The number of para-hydroxylation sites is 1. The molecule has 0 bridgehead atoms. The minimum absolute atomic E-state index is 0.0116. The van der Waals surface area contributed by atoms with Crippen LogP contribution in [0.15, 0.2) is 126 Å². The summed E-state index contributed by atoms with van der Waals surface area (Å²) in [6, 6.07) is 39.1. The number of carbonyl (C=O) groups excluding carboxylic acids is 2. The first-order chi connectivity index (χ1) is 24.5. The van der Waals surface area contributed by atoms with Crippen LogP contribution < -0.4 is 0 Å². The lowest BCUT2D eigenvalue weighted by Gasteiger charge is -2.41. The van der Waals surface area contributed by atoms with Crippen LogP contribution in [0.1, 0.15) is 62.3 Å². The highest BCUT2D eigenvalue weighted by Gasteiger charge is 2.39. The summed E-state index contributed by atoms with van der Waals surface area (Å²) in [5.74, 6) is 0.234. The minimum Gasteiger partial charge on any atom is -0.392 e. The van der Waals surface area contributed by atoms with Crippen LogP contribution in [0.4, 0.5) is 0 Å². The summed E-state index contributed by atoms with van der Waals surface area (Å²) < 4.78 is 15.6. The monoisotopic (exact) mass is 698 g/mol. The van der Waals surface area contributed by atoms with Gasteiger partial charge in [0.05, 0.1) is 46.7 Å². The van der Waals surface area contributed by atoms with Gasteiger partial charge in [-0.3, -0.25) is 14.5 Å². The molecule has 50 heavy (non-hydrogen) atoms. The third kappa shape index (κ3) is 6.27. The van der Waals surface area contributed by atoms with Gasteiger partial charge < -0.3 is 14.6 Å².